The van der Waals surface area contributed by atoms with Crippen LogP contribution in [0.15, 0.2) is 0 Å². The number of nitrogens with zero attached hydrogens (tertiary/aromatic N) is 2. The van der Waals surface area contributed by atoms with Crippen molar-refractivity contribution in [3.63, 3.8) is 0 Å². The van der Waals surface area contributed by atoms with Gasteiger partial charge in [0.15, 0.2) is 0 Å². The molecule has 6 nitrogen and oxygen atoms in total. The zero-order chi connectivity index (χ0) is 14.9. The lowest BCUT2D eigenvalue weighted by Crippen LogP contribution is -2.40. The van der Waals surface area contributed by atoms with Crippen molar-refractivity contribution >= 4 is 12.1 Å². The SMILES string of the molecule is CCOC(=O)CN(CCCC#N)C(=O)OC(C)(C)C. The van der Waals surface area contributed by atoms with Gasteiger partial charge in [-0.3, -0.25) is 9.69 Å². The number of nitriles is 1. The topological polar surface area (TPSA) is 79.6 Å². The fourth-order valence-electron chi connectivity index (χ4n) is 1.27. The Morgan fingerprint density at radius 3 is 2.42 bits per heavy atom. The molecular weight excluding hydrogens is 248 g/mol. The van der Waals surface area contributed by atoms with E-state index in [1.807, 2.05) is 6.07 Å². The van der Waals surface area contributed by atoms with Crippen LogP contribution in [0.2, 0.25) is 0 Å². The van der Waals surface area contributed by atoms with Gasteiger partial charge in [0.2, 0.25) is 0 Å². The Labute approximate surface area is 114 Å². The first kappa shape index (κ1) is 17.2. The van der Waals surface area contributed by atoms with Gasteiger partial charge in [0.05, 0.1) is 12.7 Å². The van der Waals surface area contributed by atoms with Gasteiger partial charge >= 0.3 is 12.1 Å². The van der Waals surface area contributed by atoms with Crippen molar-refractivity contribution in [2.75, 3.05) is 19.7 Å². The van der Waals surface area contributed by atoms with Gasteiger partial charge in [0, 0.05) is 13.0 Å². The molecule has 0 aliphatic heterocycles. The number of rotatable bonds is 6. The lowest BCUT2D eigenvalue weighted by molar-refractivity contribution is -0.144. The maximum atomic E-state index is 11.9. The molecular formula is C13H22N2O4. The first-order valence-electron chi connectivity index (χ1n) is 6.30. The third-order valence-corrected chi connectivity index (χ3v) is 1.99. The monoisotopic (exact) mass is 270 g/mol. The highest BCUT2D eigenvalue weighted by molar-refractivity contribution is 5.78. The van der Waals surface area contributed by atoms with E-state index in [-0.39, 0.29) is 13.2 Å². The van der Waals surface area contributed by atoms with Crippen LogP contribution in [-0.4, -0.2) is 42.3 Å². The number of carbonyl (C=O) groups excluding carboxylic acids is 2. The third kappa shape index (κ3) is 8.89. The van der Waals surface area contributed by atoms with E-state index in [1.54, 1.807) is 27.7 Å². The van der Waals surface area contributed by atoms with Crippen LogP contribution in [0.25, 0.3) is 0 Å². The van der Waals surface area contributed by atoms with E-state index in [0.29, 0.717) is 19.4 Å². The molecule has 1 amide bonds. The second-order valence-corrected chi connectivity index (χ2v) is 4.97. The predicted molar refractivity (Wildman–Crippen MR) is 69.3 cm³/mol. The minimum atomic E-state index is -0.626. The van der Waals surface area contributed by atoms with E-state index in [9.17, 15) is 9.59 Å². The van der Waals surface area contributed by atoms with Gasteiger partial charge in [-0.05, 0) is 34.1 Å². The van der Waals surface area contributed by atoms with Gasteiger partial charge in [0.1, 0.15) is 12.1 Å². The predicted octanol–water partition coefficient (Wildman–Crippen LogP) is 2.09. The largest absolute Gasteiger partial charge is 0.465 e. The van der Waals surface area contributed by atoms with Gasteiger partial charge in [-0.1, -0.05) is 0 Å². The maximum Gasteiger partial charge on any atom is 0.410 e. The summed E-state index contributed by atoms with van der Waals surface area (Å²) in [5.41, 5.74) is -0.626. The summed E-state index contributed by atoms with van der Waals surface area (Å²) in [6.07, 6.45) is 0.246. The molecule has 0 N–H and O–H groups in total. The number of carbonyl (C=O) groups is 2. The molecule has 0 aromatic rings. The number of hydrogen-bond donors (Lipinski definition) is 0. The average molecular weight is 270 g/mol. The molecule has 0 heterocycles. The Hall–Kier alpha value is -1.77. The van der Waals surface area contributed by atoms with Crippen LogP contribution in [0.3, 0.4) is 0 Å². The highest BCUT2D eigenvalue weighted by Crippen LogP contribution is 2.10. The van der Waals surface area contributed by atoms with Crippen LogP contribution in [0.4, 0.5) is 4.79 Å². The van der Waals surface area contributed by atoms with Gasteiger partial charge in [0.25, 0.3) is 0 Å². The van der Waals surface area contributed by atoms with Crippen molar-refractivity contribution in [1.29, 1.82) is 5.26 Å². The molecule has 0 rings (SSSR count). The fraction of sp³-hybridized carbons (Fsp3) is 0.769. The summed E-state index contributed by atoms with van der Waals surface area (Å²) < 4.78 is 10.0. The van der Waals surface area contributed by atoms with Crippen LogP contribution in [-0.2, 0) is 14.3 Å². The van der Waals surface area contributed by atoms with Crippen molar-refractivity contribution in [2.24, 2.45) is 0 Å². The Morgan fingerprint density at radius 2 is 1.95 bits per heavy atom. The van der Waals surface area contributed by atoms with Crippen LogP contribution >= 0.6 is 0 Å². The summed E-state index contributed by atoms with van der Waals surface area (Å²) in [7, 11) is 0. The second kappa shape index (κ2) is 8.35. The standard InChI is InChI=1S/C13H22N2O4/c1-5-18-11(16)10-15(9-7-6-8-14)12(17)19-13(2,3)4/h5-7,9-10H2,1-4H3. The molecule has 0 atom stereocenters. The molecule has 0 aliphatic rings. The molecule has 108 valence electrons. The second-order valence-electron chi connectivity index (χ2n) is 4.97. The molecule has 6 heteroatoms. The maximum absolute atomic E-state index is 11.9. The van der Waals surface area contributed by atoms with Crippen LogP contribution in [0.1, 0.15) is 40.5 Å². The van der Waals surface area contributed by atoms with Crippen molar-refractivity contribution < 1.29 is 19.1 Å². The molecule has 0 radical (unpaired) electrons. The molecule has 0 bridgehead atoms. The molecule has 0 spiro atoms. The molecule has 0 aromatic heterocycles. The van der Waals surface area contributed by atoms with E-state index in [2.05, 4.69) is 0 Å². The summed E-state index contributed by atoms with van der Waals surface area (Å²) in [6.45, 7) is 7.36. The van der Waals surface area contributed by atoms with Crippen LogP contribution in [0, 0.1) is 11.3 Å². The van der Waals surface area contributed by atoms with Crippen LogP contribution < -0.4 is 0 Å². The number of ether oxygens (including phenoxy) is 2. The molecule has 0 saturated carbocycles. The van der Waals surface area contributed by atoms with E-state index in [0.717, 1.165) is 0 Å². The van der Waals surface area contributed by atoms with E-state index < -0.39 is 17.7 Å². The summed E-state index contributed by atoms with van der Waals surface area (Å²) in [5.74, 6) is -0.481. The fourth-order valence-corrected chi connectivity index (χ4v) is 1.27. The van der Waals surface area contributed by atoms with Gasteiger partial charge in [-0.2, -0.15) is 5.26 Å². The van der Waals surface area contributed by atoms with Gasteiger partial charge < -0.3 is 9.47 Å². The Bertz CT molecular complexity index is 342. The van der Waals surface area contributed by atoms with Crippen LogP contribution in [0.5, 0.6) is 0 Å². The zero-order valence-corrected chi connectivity index (χ0v) is 12.1. The smallest absolute Gasteiger partial charge is 0.410 e. The Balaban J connectivity index is 4.52. The molecule has 19 heavy (non-hydrogen) atoms. The first-order valence-corrected chi connectivity index (χ1v) is 6.30. The Kier molecular flexibility index (Phi) is 7.57. The van der Waals surface area contributed by atoms with Gasteiger partial charge in [-0.25, -0.2) is 4.79 Å². The zero-order valence-electron chi connectivity index (χ0n) is 12.1. The Morgan fingerprint density at radius 1 is 1.32 bits per heavy atom. The lowest BCUT2D eigenvalue weighted by Gasteiger charge is -2.26. The van der Waals surface area contributed by atoms with E-state index in [4.69, 9.17) is 14.7 Å². The number of amides is 1. The quantitative estimate of drug-likeness (QED) is 0.545. The summed E-state index contributed by atoms with van der Waals surface area (Å²) in [4.78, 5) is 24.6. The van der Waals surface area contributed by atoms with E-state index >= 15 is 0 Å². The highest BCUT2D eigenvalue weighted by Gasteiger charge is 2.24. The summed E-state index contributed by atoms with van der Waals surface area (Å²) >= 11 is 0. The number of hydrogen-bond acceptors (Lipinski definition) is 5. The van der Waals surface area contributed by atoms with Crippen molar-refractivity contribution in [2.45, 2.75) is 46.1 Å². The summed E-state index contributed by atoms with van der Waals surface area (Å²) in [5, 5.41) is 8.49. The molecule has 0 saturated heterocycles. The molecule has 0 unspecified atom stereocenters. The van der Waals surface area contributed by atoms with Crippen molar-refractivity contribution in [3.05, 3.63) is 0 Å². The number of unbranched alkanes of at least 4 members (excludes halogenated alkanes) is 1. The minimum Gasteiger partial charge on any atom is -0.465 e. The molecule has 0 aliphatic carbocycles. The highest BCUT2D eigenvalue weighted by atomic mass is 16.6. The lowest BCUT2D eigenvalue weighted by atomic mass is 10.2. The first-order chi connectivity index (χ1) is 8.80. The normalized spacial score (nSPS) is 10.5. The third-order valence-electron chi connectivity index (χ3n) is 1.99. The van der Waals surface area contributed by atoms with Crippen molar-refractivity contribution in [3.8, 4) is 6.07 Å². The minimum absolute atomic E-state index is 0.159. The van der Waals surface area contributed by atoms with Crippen molar-refractivity contribution in [1.82, 2.24) is 4.90 Å². The molecule has 0 aromatic carbocycles. The van der Waals surface area contributed by atoms with E-state index in [1.165, 1.54) is 4.90 Å². The average Bonchev–Trinajstić information content (AvgIpc) is 2.26. The van der Waals surface area contributed by atoms with Gasteiger partial charge in [-0.15, -0.1) is 0 Å². The number of esters is 1. The molecule has 0 fully saturated rings. The summed E-state index contributed by atoms with van der Waals surface area (Å²) in [6, 6.07) is 1.99.